The van der Waals surface area contributed by atoms with Gasteiger partial charge >= 0.3 is 0 Å². The normalized spacial score (nSPS) is 29.6. The maximum atomic E-state index is 2.38. The molecule has 11 heavy (non-hydrogen) atoms. The average Bonchev–Trinajstić information content (AvgIpc) is 2.67. The van der Waals surface area contributed by atoms with Crippen molar-refractivity contribution < 1.29 is 0 Å². The highest BCUT2D eigenvalue weighted by atomic mass is 14.4. The van der Waals surface area contributed by atoms with E-state index in [9.17, 15) is 0 Å². The third-order valence-electron chi connectivity index (χ3n) is 2.61. The average molecular weight is 152 g/mol. The van der Waals surface area contributed by atoms with Gasteiger partial charge in [0.2, 0.25) is 0 Å². The van der Waals surface area contributed by atoms with Crippen LogP contribution < -0.4 is 0 Å². The third kappa shape index (κ3) is 3.60. The van der Waals surface area contributed by atoms with E-state index in [2.05, 4.69) is 26.0 Å². The molecule has 64 valence electrons. The van der Waals surface area contributed by atoms with Crippen LogP contribution in [0.3, 0.4) is 0 Å². The summed E-state index contributed by atoms with van der Waals surface area (Å²) in [4.78, 5) is 0. The van der Waals surface area contributed by atoms with Gasteiger partial charge in [-0.2, -0.15) is 0 Å². The summed E-state index contributed by atoms with van der Waals surface area (Å²) in [6, 6.07) is 0. The standard InChI is InChI=1S/C11H20/c1-3-4-5-6-7-8-11-9-10(11)2/h6-7,10-11H,3-5,8-9H2,1-2H3. The van der Waals surface area contributed by atoms with Gasteiger partial charge in [0.25, 0.3) is 0 Å². The van der Waals surface area contributed by atoms with Crippen molar-refractivity contribution in [3.05, 3.63) is 12.2 Å². The molecule has 1 rings (SSSR count). The Bertz CT molecular complexity index is 124. The highest BCUT2D eigenvalue weighted by Crippen LogP contribution is 2.40. The molecule has 0 aromatic carbocycles. The van der Waals surface area contributed by atoms with Crippen molar-refractivity contribution in [3.8, 4) is 0 Å². The molecule has 0 aromatic rings. The lowest BCUT2D eigenvalue weighted by Crippen LogP contribution is -1.74. The van der Waals surface area contributed by atoms with Gasteiger partial charge in [-0.25, -0.2) is 0 Å². The lowest BCUT2D eigenvalue weighted by molar-refractivity contribution is 0.758. The van der Waals surface area contributed by atoms with Crippen molar-refractivity contribution in [3.63, 3.8) is 0 Å². The summed E-state index contributed by atoms with van der Waals surface area (Å²) < 4.78 is 0. The number of unbranched alkanes of at least 4 members (excludes halogenated alkanes) is 2. The Hall–Kier alpha value is -0.260. The van der Waals surface area contributed by atoms with Gasteiger partial charge in [-0.15, -0.1) is 0 Å². The first-order chi connectivity index (χ1) is 5.34. The Labute approximate surface area is 70.7 Å². The van der Waals surface area contributed by atoms with Gasteiger partial charge in [-0.05, 0) is 31.1 Å². The summed E-state index contributed by atoms with van der Waals surface area (Å²) in [5.74, 6) is 2.05. The van der Waals surface area contributed by atoms with E-state index >= 15 is 0 Å². The highest BCUT2D eigenvalue weighted by Gasteiger charge is 2.30. The van der Waals surface area contributed by atoms with Gasteiger partial charge in [0.05, 0.1) is 0 Å². The fourth-order valence-corrected chi connectivity index (χ4v) is 1.44. The van der Waals surface area contributed by atoms with Crippen molar-refractivity contribution in [2.45, 2.75) is 46.0 Å². The molecular formula is C11H20. The van der Waals surface area contributed by atoms with Crippen LogP contribution in [0.5, 0.6) is 0 Å². The molecule has 2 atom stereocenters. The van der Waals surface area contributed by atoms with Crippen molar-refractivity contribution in [1.29, 1.82) is 0 Å². The van der Waals surface area contributed by atoms with Crippen molar-refractivity contribution >= 4 is 0 Å². The van der Waals surface area contributed by atoms with E-state index in [4.69, 9.17) is 0 Å². The van der Waals surface area contributed by atoms with Gasteiger partial charge in [-0.3, -0.25) is 0 Å². The van der Waals surface area contributed by atoms with Gasteiger partial charge in [-0.1, -0.05) is 38.8 Å². The Kier molecular flexibility index (Phi) is 3.68. The predicted octanol–water partition coefficient (Wildman–Crippen LogP) is 3.78. The van der Waals surface area contributed by atoms with Gasteiger partial charge in [0.1, 0.15) is 0 Å². The zero-order chi connectivity index (χ0) is 8.10. The number of hydrogen-bond acceptors (Lipinski definition) is 0. The van der Waals surface area contributed by atoms with Crippen molar-refractivity contribution in [1.82, 2.24) is 0 Å². The minimum atomic E-state index is 1.02. The lowest BCUT2D eigenvalue weighted by atomic mass is 10.2. The van der Waals surface area contributed by atoms with Crippen LogP contribution in [0.25, 0.3) is 0 Å². The highest BCUT2D eigenvalue weighted by molar-refractivity contribution is 4.91. The molecule has 1 aliphatic carbocycles. The fourth-order valence-electron chi connectivity index (χ4n) is 1.44. The van der Waals surface area contributed by atoms with Gasteiger partial charge in [0, 0.05) is 0 Å². The molecule has 0 heteroatoms. The SMILES string of the molecule is CCCCC=CCC1CC1C. The van der Waals surface area contributed by atoms with Crippen LogP contribution in [0, 0.1) is 11.8 Å². The van der Waals surface area contributed by atoms with Gasteiger partial charge < -0.3 is 0 Å². The van der Waals surface area contributed by atoms with Crippen molar-refractivity contribution in [2.75, 3.05) is 0 Å². The molecule has 1 saturated carbocycles. The lowest BCUT2D eigenvalue weighted by Gasteiger charge is -1.89. The first-order valence-electron chi connectivity index (χ1n) is 4.99. The second-order valence-corrected chi connectivity index (χ2v) is 3.82. The van der Waals surface area contributed by atoms with Crippen LogP contribution in [-0.4, -0.2) is 0 Å². The Balaban J connectivity index is 1.89. The fraction of sp³-hybridized carbons (Fsp3) is 0.818. The number of allylic oxidation sites excluding steroid dienone is 2. The van der Waals surface area contributed by atoms with Crippen molar-refractivity contribution in [2.24, 2.45) is 11.8 Å². The van der Waals surface area contributed by atoms with Gasteiger partial charge in [0.15, 0.2) is 0 Å². The first kappa shape index (κ1) is 8.83. The molecule has 0 nitrogen and oxygen atoms in total. The minimum Gasteiger partial charge on any atom is -0.0885 e. The second-order valence-electron chi connectivity index (χ2n) is 3.82. The van der Waals surface area contributed by atoms with E-state index in [-0.39, 0.29) is 0 Å². The monoisotopic (exact) mass is 152 g/mol. The Morgan fingerprint density at radius 3 is 2.64 bits per heavy atom. The molecule has 0 amide bonds. The molecule has 0 saturated heterocycles. The van der Waals surface area contributed by atoms with Crippen LogP contribution in [0.4, 0.5) is 0 Å². The summed E-state index contributed by atoms with van der Waals surface area (Å²) in [5.41, 5.74) is 0. The third-order valence-corrected chi connectivity index (χ3v) is 2.61. The number of hydrogen-bond donors (Lipinski definition) is 0. The van der Waals surface area contributed by atoms with Crippen LogP contribution >= 0.6 is 0 Å². The van der Waals surface area contributed by atoms with E-state index in [0.717, 1.165) is 11.8 Å². The molecule has 0 spiro atoms. The summed E-state index contributed by atoms with van der Waals surface area (Å²) in [6.07, 6.45) is 11.5. The molecule has 0 aliphatic heterocycles. The van der Waals surface area contributed by atoms with Crippen LogP contribution in [0.1, 0.15) is 46.0 Å². The minimum absolute atomic E-state index is 1.02. The van der Waals surface area contributed by atoms with E-state index < -0.39 is 0 Å². The quantitative estimate of drug-likeness (QED) is 0.415. The molecule has 1 fully saturated rings. The van der Waals surface area contributed by atoms with E-state index in [1.165, 1.54) is 32.1 Å². The molecular weight excluding hydrogens is 132 g/mol. The van der Waals surface area contributed by atoms with E-state index in [1.54, 1.807) is 0 Å². The Morgan fingerprint density at radius 1 is 1.36 bits per heavy atom. The van der Waals surface area contributed by atoms with E-state index in [1.807, 2.05) is 0 Å². The Morgan fingerprint density at radius 2 is 2.09 bits per heavy atom. The molecule has 0 bridgehead atoms. The van der Waals surface area contributed by atoms with Crippen LogP contribution in [-0.2, 0) is 0 Å². The summed E-state index contributed by atoms with van der Waals surface area (Å²) in [5, 5.41) is 0. The maximum absolute atomic E-state index is 2.38. The largest absolute Gasteiger partial charge is 0.0885 e. The molecule has 0 heterocycles. The second kappa shape index (κ2) is 4.58. The molecule has 0 aromatic heterocycles. The van der Waals surface area contributed by atoms with E-state index in [0.29, 0.717) is 0 Å². The van der Waals surface area contributed by atoms with Crippen LogP contribution in [0.15, 0.2) is 12.2 Å². The van der Waals surface area contributed by atoms with Crippen LogP contribution in [0.2, 0.25) is 0 Å². The molecule has 0 radical (unpaired) electrons. The summed E-state index contributed by atoms with van der Waals surface area (Å²) in [6.45, 7) is 4.60. The summed E-state index contributed by atoms with van der Waals surface area (Å²) >= 11 is 0. The molecule has 2 unspecified atom stereocenters. The topological polar surface area (TPSA) is 0 Å². The zero-order valence-electron chi connectivity index (χ0n) is 7.84. The predicted molar refractivity (Wildman–Crippen MR) is 50.6 cm³/mol. The molecule has 0 N–H and O–H groups in total. The first-order valence-corrected chi connectivity index (χ1v) is 4.99. The summed E-state index contributed by atoms with van der Waals surface area (Å²) in [7, 11) is 0. The zero-order valence-corrected chi connectivity index (χ0v) is 7.84. The molecule has 1 aliphatic rings. The number of rotatable bonds is 5. The smallest absolute Gasteiger partial charge is 0.0320 e. The maximum Gasteiger partial charge on any atom is -0.0320 e.